The number of hydrogen-bond acceptors (Lipinski definition) is 8. The molecule has 2 heterocycles. The number of ether oxygens (including phenoxy) is 1. The highest BCUT2D eigenvalue weighted by Gasteiger charge is 2.36. The fourth-order valence-corrected chi connectivity index (χ4v) is 3.42. The van der Waals surface area contributed by atoms with Crippen molar-refractivity contribution in [1.29, 1.82) is 5.41 Å². The molecule has 1 saturated heterocycles. The van der Waals surface area contributed by atoms with E-state index in [2.05, 4.69) is 25.3 Å². The fourth-order valence-electron chi connectivity index (χ4n) is 2.84. The van der Waals surface area contributed by atoms with Crippen molar-refractivity contribution in [3.05, 3.63) is 35.5 Å². The number of rotatable bonds is 7. The first-order chi connectivity index (χ1) is 14.1. The van der Waals surface area contributed by atoms with Crippen molar-refractivity contribution in [2.45, 2.75) is 18.6 Å². The molecular formula is C17H19F3N6O3S. The largest absolute Gasteiger partial charge is 0.421 e. The van der Waals surface area contributed by atoms with Crippen molar-refractivity contribution >= 4 is 39.4 Å². The second kappa shape index (κ2) is 8.44. The van der Waals surface area contributed by atoms with Gasteiger partial charge in [0.1, 0.15) is 11.4 Å². The van der Waals surface area contributed by atoms with Gasteiger partial charge in [-0.2, -0.15) is 18.2 Å². The molecule has 0 spiro atoms. The van der Waals surface area contributed by atoms with E-state index in [0.29, 0.717) is 19.2 Å². The number of anilines is 4. The van der Waals surface area contributed by atoms with Crippen molar-refractivity contribution < 1.29 is 26.3 Å². The van der Waals surface area contributed by atoms with E-state index in [9.17, 15) is 21.6 Å². The Labute approximate surface area is 170 Å². The van der Waals surface area contributed by atoms with Gasteiger partial charge < -0.3 is 20.8 Å². The van der Waals surface area contributed by atoms with Crippen LogP contribution in [0.3, 0.4) is 0 Å². The highest BCUT2D eigenvalue weighted by molar-refractivity contribution is 7.92. The third kappa shape index (κ3) is 5.36. The summed E-state index contributed by atoms with van der Waals surface area (Å²) >= 11 is 0. The van der Waals surface area contributed by atoms with Crippen LogP contribution in [0.2, 0.25) is 0 Å². The number of benzene rings is 1. The molecule has 1 aliphatic rings. The lowest BCUT2D eigenvalue weighted by Gasteiger charge is -2.18. The molecule has 2 aromatic rings. The molecule has 0 bridgehead atoms. The van der Waals surface area contributed by atoms with Crippen LogP contribution in [0.25, 0.3) is 0 Å². The van der Waals surface area contributed by atoms with Gasteiger partial charge in [-0.25, -0.2) is 13.4 Å². The van der Waals surface area contributed by atoms with Gasteiger partial charge in [0.25, 0.3) is 0 Å². The Bertz CT molecular complexity index is 1040. The molecule has 0 unspecified atom stereocenters. The first-order valence-electron chi connectivity index (χ1n) is 8.73. The lowest BCUT2D eigenvalue weighted by Crippen LogP contribution is -2.23. The van der Waals surface area contributed by atoms with Gasteiger partial charge in [-0.05, 0) is 18.6 Å². The van der Waals surface area contributed by atoms with Gasteiger partial charge in [0.15, 0.2) is 0 Å². The highest BCUT2D eigenvalue weighted by Crippen LogP contribution is 2.35. The average Bonchev–Trinajstić information content (AvgIpc) is 3.13. The van der Waals surface area contributed by atoms with Crippen LogP contribution in [0.1, 0.15) is 17.5 Å². The summed E-state index contributed by atoms with van der Waals surface area (Å²) in [6, 6.07) is 4.18. The van der Waals surface area contributed by atoms with Gasteiger partial charge >= 0.3 is 6.18 Å². The molecule has 0 saturated carbocycles. The maximum atomic E-state index is 13.3. The van der Waals surface area contributed by atoms with Gasteiger partial charge in [-0.3, -0.25) is 4.72 Å². The molecule has 0 radical (unpaired) electrons. The van der Waals surface area contributed by atoms with Crippen LogP contribution >= 0.6 is 0 Å². The van der Waals surface area contributed by atoms with Gasteiger partial charge in [0.2, 0.25) is 16.0 Å². The topological polar surface area (TPSA) is 129 Å². The van der Waals surface area contributed by atoms with Crippen molar-refractivity contribution in [2.24, 2.45) is 0 Å². The van der Waals surface area contributed by atoms with Gasteiger partial charge in [0, 0.05) is 24.6 Å². The second-order valence-corrected chi connectivity index (χ2v) is 8.32. The molecule has 3 rings (SSSR count). The van der Waals surface area contributed by atoms with Crippen LogP contribution in [0, 0.1) is 5.41 Å². The molecule has 0 amide bonds. The Morgan fingerprint density at radius 1 is 1.30 bits per heavy atom. The highest BCUT2D eigenvalue weighted by atomic mass is 32.2. The van der Waals surface area contributed by atoms with E-state index in [4.69, 9.17) is 10.1 Å². The molecule has 162 valence electrons. The molecule has 1 aromatic carbocycles. The quantitative estimate of drug-likeness (QED) is 0.483. The fraction of sp³-hybridized carbons (Fsp3) is 0.353. The Balaban J connectivity index is 1.95. The summed E-state index contributed by atoms with van der Waals surface area (Å²) in [6.07, 6.45) is -1.57. The Hall–Kier alpha value is -2.93. The van der Waals surface area contributed by atoms with Crippen molar-refractivity contribution in [3.8, 4) is 0 Å². The normalized spacial score (nSPS) is 16.9. The monoisotopic (exact) mass is 444 g/mol. The van der Waals surface area contributed by atoms with E-state index in [1.807, 2.05) is 0 Å². The van der Waals surface area contributed by atoms with E-state index >= 15 is 0 Å². The molecular weight excluding hydrogens is 425 g/mol. The van der Waals surface area contributed by atoms with E-state index in [1.165, 1.54) is 18.2 Å². The maximum Gasteiger partial charge on any atom is 0.421 e. The predicted octanol–water partition coefficient (Wildman–Crippen LogP) is 2.81. The van der Waals surface area contributed by atoms with Crippen LogP contribution in [0.4, 0.5) is 36.3 Å². The zero-order chi connectivity index (χ0) is 21.9. The van der Waals surface area contributed by atoms with Crippen LogP contribution in [-0.4, -0.2) is 50.1 Å². The van der Waals surface area contributed by atoms with Crippen LogP contribution < -0.4 is 15.4 Å². The smallest absolute Gasteiger partial charge is 0.379 e. The van der Waals surface area contributed by atoms with Gasteiger partial charge in [0.05, 0.1) is 30.3 Å². The minimum absolute atomic E-state index is 0.130. The summed E-state index contributed by atoms with van der Waals surface area (Å²) in [5, 5.41) is 13.1. The van der Waals surface area contributed by atoms with Crippen molar-refractivity contribution in [1.82, 2.24) is 9.97 Å². The number of hydrogen-bond donors (Lipinski definition) is 4. The zero-order valence-corrected chi connectivity index (χ0v) is 16.6. The Morgan fingerprint density at radius 2 is 2.03 bits per heavy atom. The predicted molar refractivity (Wildman–Crippen MR) is 106 cm³/mol. The van der Waals surface area contributed by atoms with Crippen molar-refractivity contribution in [3.63, 3.8) is 0 Å². The first kappa shape index (κ1) is 21.8. The second-order valence-electron chi connectivity index (χ2n) is 6.57. The van der Waals surface area contributed by atoms with Gasteiger partial charge in [-0.15, -0.1) is 0 Å². The lowest BCUT2D eigenvalue weighted by atomic mass is 10.1. The number of nitrogens with zero attached hydrogens (tertiary/aromatic N) is 2. The molecule has 9 nitrogen and oxygen atoms in total. The number of halogens is 3. The summed E-state index contributed by atoms with van der Waals surface area (Å²) in [6.45, 7) is 0.708. The Morgan fingerprint density at radius 3 is 2.63 bits per heavy atom. The standard InChI is InChI=1S/C17H19F3N6O3S/c1-30(27,28)26-14-4-2-3-13(11(14)7-21)24-16-22-8-12(17(18,19)20)15(25-16)23-10-5-6-29-9-10/h2-4,7-8,10,21,26H,5-6,9H2,1H3,(H2,22,23,24,25)/t10-/m1/s1. The van der Waals surface area contributed by atoms with Crippen LogP contribution in [0.5, 0.6) is 0 Å². The summed E-state index contributed by atoms with van der Waals surface area (Å²) < 4.78 is 70.5. The molecule has 0 aliphatic carbocycles. The molecule has 1 aromatic heterocycles. The molecule has 4 N–H and O–H groups in total. The zero-order valence-electron chi connectivity index (χ0n) is 15.7. The minimum Gasteiger partial charge on any atom is -0.379 e. The average molecular weight is 444 g/mol. The summed E-state index contributed by atoms with van der Waals surface area (Å²) in [7, 11) is -3.60. The number of nitrogens with one attached hydrogen (secondary N) is 4. The van der Waals surface area contributed by atoms with Crippen LogP contribution in [0.15, 0.2) is 24.4 Å². The molecule has 13 heteroatoms. The van der Waals surface area contributed by atoms with E-state index in [0.717, 1.165) is 12.5 Å². The minimum atomic E-state index is -4.65. The molecule has 1 aliphatic heterocycles. The third-order valence-electron chi connectivity index (χ3n) is 4.16. The van der Waals surface area contributed by atoms with E-state index in [-0.39, 0.29) is 35.5 Å². The SMILES string of the molecule is CS(=O)(=O)Nc1cccc(Nc2ncc(C(F)(F)F)c(N[C@@H]3CCOC3)n2)c1C=N. The summed E-state index contributed by atoms with van der Waals surface area (Å²) in [5.74, 6) is -0.540. The van der Waals surface area contributed by atoms with Crippen molar-refractivity contribution in [2.75, 3.05) is 34.8 Å². The van der Waals surface area contributed by atoms with E-state index < -0.39 is 27.6 Å². The van der Waals surface area contributed by atoms with Gasteiger partial charge in [-0.1, -0.05) is 6.07 Å². The van der Waals surface area contributed by atoms with Crippen LogP contribution in [-0.2, 0) is 20.9 Å². The number of aromatic nitrogens is 2. The lowest BCUT2D eigenvalue weighted by molar-refractivity contribution is -0.137. The maximum absolute atomic E-state index is 13.3. The molecule has 1 atom stereocenters. The number of alkyl halides is 3. The summed E-state index contributed by atoms with van der Waals surface area (Å²) in [5.41, 5.74) is -0.468. The third-order valence-corrected chi connectivity index (χ3v) is 4.75. The molecule has 1 fully saturated rings. The van der Waals surface area contributed by atoms with E-state index in [1.54, 1.807) is 0 Å². The summed E-state index contributed by atoms with van der Waals surface area (Å²) in [4.78, 5) is 7.68. The molecule has 30 heavy (non-hydrogen) atoms. The Kier molecular flexibility index (Phi) is 6.12. The number of sulfonamides is 1. The first-order valence-corrected chi connectivity index (χ1v) is 10.6.